The molecule has 0 saturated carbocycles. The van der Waals surface area contributed by atoms with Gasteiger partial charge in [-0.3, -0.25) is 4.79 Å². The fourth-order valence-corrected chi connectivity index (χ4v) is 4.18. The van der Waals surface area contributed by atoms with Crippen molar-refractivity contribution >= 4 is 23.3 Å². The second-order valence-corrected chi connectivity index (χ2v) is 7.89. The summed E-state index contributed by atoms with van der Waals surface area (Å²) in [4.78, 5) is 22.0. The van der Waals surface area contributed by atoms with Crippen LogP contribution in [0.25, 0.3) is 5.78 Å². The third-order valence-corrected chi connectivity index (χ3v) is 5.71. The number of thioether (sulfide) groups is 1. The Balaban J connectivity index is 1.73. The van der Waals surface area contributed by atoms with Crippen molar-refractivity contribution in [3.05, 3.63) is 35.2 Å². The lowest BCUT2D eigenvalue weighted by Crippen LogP contribution is -2.21. The van der Waals surface area contributed by atoms with E-state index in [1.165, 1.54) is 0 Å². The summed E-state index contributed by atoms with van der Waals surface area (Å²) in [6.45, 7) is 2.04. The van der Waals surface area contributed by atoms with E-state index in [-0.39, 0.29) is 11.7 Å². The largest absolute Gasteiger partial charge is 0.493 e. The predicted octanol–water partition coefficient (Wildman–Crippen LogP) is 3.17. The average Bonchev–Trinajstić information content (AvgIpc) is 3.12. The zero-order chi connectivity index (χ0) is 20.5. The predicted molar refractivity (Wildman–Crippen MR) is 109 cm³/mol. The molecular weight excluding hydrogens is 392 g/mol. The summed E-state index contributed by atoms with van der Waals surface area (Å²) in [6, 6.07) is 3.80. The molecule has 152 valence electrons. The molecule has 1 atom stereocenters. The number of carbonyl (C=O) groups is 1. The molecule has 0 amide bonds. The highest BCUT2D eigenvalue weighted by Crippen LogP contribution is 2.42. The number of Topliss-reactive ketones (excluding diaryl/α,β-unsaturated/α-hetero) is 1. The van der Waals surface area contributed by atoms with Crippen LogP contribution in [0.1, 0.15) is 40.9 Å². The minimum Gasteiger partial charge on any atom is -0.493 e. The van der Waals surface area contributed by atoms with Crippen LogP contribution in [0.2, 0.25) is 0 Å². The smallest absolute Gasteiger partial charge is 0.253 e. The molecule has 0 fully saturated rings. The summed E-state index contributed by atoms with van der Waals surface area (Å²) in [5.74, 6) is 3.07. The van der Waals surface area contributed by atoms with Gasteiger partial charge in [0.05, 0.1) is 32.6 Å². The zero-order valence-corrected chi connectivity index (χ0v) is 17.6. The molecule has 1 aromatic carbocycles. The lowest BCUT2D eigenvalue weighted by Gasteiger charge is -2.24. The second kappa shape index (κ2) is 7.90. The number of nitrogens with zero attached hydrogens (tertiary/aromatic N) is 4. The molecule has 0 spiro atoms. The van der Waals surface area contributed by atoms with Gasteiger partial charge in [0.15, 0.2) is 17.3 Å². The molecule has 3 aromatic rings. The zero-order valence-electron chi connectivity index (χ0n) is 16.8. The van der Waals surface area contributed by atoms with Crippen LogP contribution in [0.5, 0.6) is 17.2 Å². The Morgan fingerprint density at radius 3 is 2.45 bits per heavy atom. The standard InChI is InChI=1S/C20H22N4O4S/c1-5-29-20-22-19-21-14-6-11(7-15(25)13(14)10-24(19)23-20)12-8-16(26-2)18(28-4)17(9-12)27-3/h8-11H,5-7H2,1-4H3/t11-/m0/s1. The first-order chi connectivity index (χ1) is 14.1. The average molecular weight is 414 g/mol. The molecule has 0 bridgehead atoms. The molecule has 0 radical (unpaired) electrons. The number of rotatable bonds is 6. The van der Waals surface area contributed by atoms with Crippen molar-refractivity contribution in [1.82, 2.24) is 19.6 Å². The van der Waals surface area contributed by atoms with E-state index in [0.717, 1.165) is 17.0 Å². The molecule has 1 aliphatic rings. The van der Waals surface area contributed by atoms with Crippen LogP contribution in [0.15, 0.2) is 23.5 Å². The lowest BCUT2D eigenvalue weighted by atomic mass is 9.82. The number of ether oxygens (including phenoxy) is 3. The maximum Gasteiger partial charge on any atom is 0.253 e. The van der Waals surface area contributed by atoms with Crippen molar-refractivity contribution in [2.75, 3.05) is 27.1 Å². The van der Waals surface area contributed by atoms with Crippen molar-refractivity contribution in [1.29, 1.82) is 0 Å². The molecule has 8 nitrogen and oxygen atoms in total. The Morgan fingerprint density at radius 2 is 1.83 bits per heavy atom. The van der Waals surface area contributed by atoms with Crippen molar-refractivity contribution in [3.8, 4) is 17.2 Å². The topological polar surface area (TPSA) is 87.8 Å². The van der Waals surface area contributed by atoms with Crippen LogP contribution >= 0.6 is 11.8 Å². The SMILES string of the molecule is CCSc1nc2nc3c(cn2n1)C(=O)C[C@@H](c1cc(OC)c(OC)c(OC)c1)C3. The maximum atomic E-state index is 12.9. The van der Waals surface area contributed by atoms with Gasteiger partial charge in [-0.15, -0.1) is 5.10 Å². The van der Waals surface area contributed by atoms with Gasteiger partial charge < -0.3 is 14.2 Å². The van der Waals surface area contributed by atoms with E-state index in [0.29, 0.717) is 46.6 Å². The number of carbonyl (C=O) groups excluding carboxylic acids is 1. The number of ketones is 1. The molecule has 0 saturated heterocycles. The van der Waals surface area contributed by atoms with E-state index in [9.17, 15) is 4.79 Å². The fourth-order valence-electron chi connectivity index (χ4n) is 3.63. The third kappa shape index (κ3) is 3.50. The number of aromatic nitrogens is 4. The summed E-state index contributed by atoms with van der Waals surface area (Å²) in [6.07, 6.45) is 2.75. The summed E-state index contributed by atoms with van der Waals surface area (Å²) in [5, 5.41) is 5.06. The minimum absolute atomic E-state index is 0.0361. The molecule has 0 aliphatic heterocycles. The summed E-state index contributed by atoms with van der Waals surface area (Å²) < 4.78 is 17.9. The number of hydrogen-bond donors (Lipinski definition) is 0. The Bertz CT molecular complexity index is 1060. The molecule has 0 unspecified atom stereocenters. The molecule has 0 N–H and O–H groups in total. The number of methoxy groups -OCH3 is 3. The first kappa shape index (κ1) is 19.5. The summed E-state index contributed by atoms with van der Waals surface area (Å²) in [7, 11) is 4.73. The summed E-state index contributed by atoms with van der Waals surface area (Å²) in [5.41, 5.74) is 2.30. The normalized spacial score (nSPS) is 16.0. The Hall–Kier alpha value is -2.81. The van der Waals surface area contributed by atoms with E-state index in [4.69, 9.17) is 14.2 Å². The Labute approximate surface area is 172 Å². The van der Waals surface area contributed by atoms with Gasteiger partial charge >= 0.3 is 0 Å². The highest BCUT2D eigenvalue weighted by atomic mass is 32.2. The van der Waals surface area contributed by atoms with Gasteiger partial charge in [0.2, 0.25) is 10.9 Å². The molecule has 29 heavy (non-hydrogen) atoms. The molecule has 1 aliphatic carbocycles. The van der Waals surface area contributed by atoms with E-state index in [1.54, 1.807) is 43.8 Å². The van der Waals surface area contributed by atoms with Gasteiger partial charge in [-0.25, -0.2) is 9.50 Å². The van der Waals surface area contributed by atoms with Crippen molar-refractivity contribution < 1.29 is 19.0 Å². The monoisotopic (exact) mass is 414 g/mol. The van der Waals surface area contributed by atoms with Gasteiger partial charge in [0, 0.05) is 12.6 Å². The minimum atomic E-state index is -0.0361. The van der Waals surface area contributed by atoms with Gasteiger partial charge in [-0.05, 0) is 35.8 Å². The van der Waals surface area contributed by atoms with Crippen LogP contribution in [0.4, 0.5) is 0 Å². The lowest BCUT2D eigenvalue weighted by molar-refractivity contribution is 0.0962. The first-order valence-electron chi connectivity index (χ1n) is 9.30. The van der Waals surface area contributed by atoms with Crippen LogP contribution in [-0.2, 0) is 6.42 Å². The number of benzene rings is 1. The highest BCUT2D eigenvalue weighted by Gasteiger charge is 2.30. The van der Waals surface area contributed by atoms with E-state index < -0.39 is 0 Å². The number of hydrogen-bond acceptors (Lipinski definition) is 8. The van der Waals surface area contributed by atoms with Crippen LogP contribution in [-0.4, -0.2) is 52.4 Å². The van der Waals surface area contributed by atoms with Crippen molar-refractivity contribution in [2.24, 2.45) is 0 Å². The Kier molecular flexibility index (Phi) is 5.31. The molecule has 2 heterocycles. The highest BCUT2D eigenvalue weighted by molar-refractivity contribution is 7.99. The van der Waals surface area contributed by atoms with Gasteiger partial charge in [-0.2, -0.15) is 4.98 Å². The van der Waals surface area contributed by atoms with E-state index in [1.807, 2.05) is 19.1 Å². The number of fused-ring (bicyclic) bond motifs is 2. The van der Waals surface area contributed by atoms with Gasteiger partial charge in [0.1, 0.15) is 0 Å². The molecule has 4 rings (SSSR count). The van der Waals surface area contributed by atoms with Crippen molar-refractivity contribution in [2.45, 2.75) is 30.8 Å². The van der Waals surface area contributed by atoms with Gasteiger partial charge in [0.25, 0.3) is 5.78 Å². The second-order valence-electron chi connectivity index (χ2n) is 6.66. The summed E-state index contributed by atoms with van der Waals surface area (Å²) >= 11 is 1.55. The van der Waals surface area contributed by atoms with E-state index in [2.05, 4.69) is 15.1 Å². The Morgan fingerprint density at radius 1 is 1.10 bits per heavy atom. The maximum absolute atomic E-state index is 12.9. The van der Waals surface area contributed by atoms with Crippen LogP contribution in [0, 0.1) is 0 Å². The third-order valence-electron chi connectivity index (χ3n) is 4.99. The van der Waals surface area contributed by atoms with Crippen LogP contribution < -0.4 is 14.2 Å². The van der Waals surface area contributed by atoms with E-state index >= 15 is 0 Å². The molecular formula is C20H22N4O4S. The van der Waals surface area contributed by atoms with Crippen LogP contribution in [0.3, 0.4) is 0 Å². The molecule has 2 aromatic heterocycles. The quantitative estimate of drug-likeness (QED) is 0.569. The first-order valence-corrected chi connectivity index (χ1v) is 10.3. The van der Waals surface area contributed by atoms with Gasteiger partial charge in [-0.1, -0.05) is 18.7 Å². The fraction of sp³-hybridized carbons (Fsp3) is 0.400. The molecule has 9 heteroatoms. The van der Waals surface area contributed by atoms with Crippen molar-refractivity contribution in [3.63, 3.8) is 0 Å².